The van der Waals surface area contributed by atoms with Crippen LogP contribution in [0, 0.1) is 12.8 Å². The third-order valence-electron chi connectivity index (χ3n) is 5.50. The molecule has 0 aliphatic carbocycles. The van der Waals surface area contributed by atoms with Crippen LogP contribution in [0.1, 0.15) is 41.9 Å². The molecule has 3 rings (SSSR count). The Kier molecular flexibility index (Phi) is 7.86. The highest BCUT2D eigenvalue weighted by atomic mass is 32.1. The average Bonchev–Trinajstić information content (AvgIpc) is 3.24. The predicted octanol–water partition coefficient (Wildman–Crippen LogP) is 3.63. The second-order valence-corrected chi connectivity index (χ2v) is 8.67. The summed E-state index contributed by atoms with van der Waals surface area (Å²) in [5.41, 5.74) is 2.30. The lowest BCUT2D eigenvalue weighted by atomic mass is 9.97. The summed E-state index contributed by atoms with van der Waals surface area (Å²) in [5, 5.41) is 9.17. The Hall–Kier alpha value is -1.92. The highest BCUT2D eigenvalue weighted by Gasteiger charge is 2.25. The number of nitrogens with zero attached hydrogens (tertiary/aromatic N) is 3. The summed E-state index contributed by atoms with van der Waals surface area (Å²) < 4.78 is 0. The monoisotopic (exact) mass is 399 g/mol. The van der Waals surface area contributed by atoms with Crippen LogP contribution in [0.5, 0.6) is 0 Å². The molecule has 2 N–H and O–H groups in total. The lowest BCUT2D eigenvalue weighted by Crippen LogP contribution is -2.45. The van der Waals surface area contributed by atoms with Crippen molar-refractivity contribution in [3.8, 4) is 0 Å². The molecule has 6 heteroatoms. The Morgan fingerprint density at radius 3 is 2.75 bits per heavy atom. The number of guanidine groups is 1. The van der Waals surface area contributed by atoms with Crippen molar-refractivity contribution in [3.05, 3.63) is 52.0 Å². The molecule has 1 aliphatic heterocycles. The fourth-order valence-electron chi connectivity index (χ4n) is 3.62. The number of rotatable bonds is 7. The van der Waals surface area contributed by atoms with Crippen LogP contribution in [0.15, 0.2) is 40.8 Å². The molecule has 2 aromatic rings. The third kappa shape index (κ3) is 6.04. The van der Waals surface area contributed by atoms with Crippen LogP contribution in [0.25, 0.3) is 0 Å². The molecule has 1 saturated heterocycles. The van der Waals surface area contributed by atoms with Gasteiger partial charge in [0.25, 0.3) is 0 Å². The summed E-state index contributed by atoms with van der Waals surface area (Å²) in [6.45, 7) is 8.46. The van der Waals surface area contributed by atoms with Crippen molar-refractivity contribution in [2.45, 2.75) is 39.2 Å². The number of piperidine rings is 1. The van der Waals surface area contributed by atoms with E-state index in [1.165, 1.54) is 36.4 Å². The predicted molar refractivity (Wildman–Crippen MR) is 119 cm³/mol. The number of aliphatic imine (C=N–C) groups is 1. The Morgan fingerprint density at radius 1 is 1.29 bits per heavy atom. The van der Waals surface area contributed by atoms with E-state index in [4.69, 9.17) is 0 Å². The van der Waals surface area contributed by atoms with Crippen molar-refractivity contribution < 1.29 is 0 Å². The normalized spacial score (nSPS) is 17.5. The minimum absolute atomic E-state index is 0.410. The van der Waals surface area contributed by atoms with Crippen molar-refractivity contribution in [1.82, 2.24) is 20.5 Å². The fraction of sp³-hybridized carbons (Fsp3) is 0.545. The van der Waals surface area contributed by atoms with E-state index in [0.29, 0.717) is 6.04 Å². The standard InChI is InChI=1S/C22H33N5S/c1-17-9-12-27(13-10-17)20(21-5-4-14-28-21)16-26-22(23-3)24-11-8-19-7-6-18(2)25-15-19/h4-7,14-15,17,20H,8-13,16H2,1-3H3,(H2,23,24,26). The molecule has 2 aromatic heterocycles. The fourth-order valence-corrected chi connectivity index (χ4v) is 4.48. The van der Waals surface area contributed by atoms with Crippen molar-refractivity contribution in [3.63, 3.8) is 0 Å². The van der Waals surface area contributed by atoms with Crippen LogP contribution in [0.4, 0.5) is 0 Å². The molecule has 0 spiro atoms. The van der Waals surface area contributed by atoms with Crippen LogP contribution in [0.3, 0.4) is 0 Å². The van der Waals surface area contributed by atoms with Crippen molar-refractivity contribution in [2.75, 3.05) is 33.2 Å². The van der Waals surface area contributed by atoms with Gasteiger partial charge in [-0.15, -0.1) is 11.3 Å². The molecule has 152 valence electrons. The largest absolute Gasteiger partial charge is 0.356 e. The first-order chi connectivity index (χ1) is 13.7. The Balaban J connectivity index is 1.51. The Bertz CT molecular complexity index is 718. The Morgan fingerprint density at radius 2 is 2.11 bits per heavy atom. The van der Waals surface area contributed by atoms with E-state index in [1.807, 2.05) is 31.5 Å². The van der Waals surface area contributed by atoms with Gasteiger partial charge in [-0.25, -0.2) is 0 Å². The van der Waals surface area contributed by atoms with Gasteiger partial charge in [-0.1, -0.05) is 19.1 Å². The zero-order chi connectivity index (χ0) is 19.8. The van der Waals surface area contributed by atoms with E-state index in [1.54, 1.807) is 0 Å². The molecular formula is C22H33N5S. The Labute approximate surface area is 173 Å². The molecule has 3 heterocycles. The summed E-state index contributed by atoms with van der Waals surface area (Å²) in [6, 6.07) is 9.03. The molecule has 0 aromatic carbocycles. The van der Waals surface area contributed by atoms with Crippen LogP contribution in [-0.4, -0.2) is 49.1 Å². The summed E-state index contributed by atoms with van der Waals surface area (Å²) >= 11 is 1.85. The minimum Gasteiger partial charge on any atom is -0.356 e. The van der Waals surface area contributed by atoms with E-state index in [-0.39, 0.29) is 0 Å². The maximum absolute atomic E-state index is 4.41. The molecule has 28 heavy (non-hydrogen) atoms. The van der Waals surface area contributed by atoms with Gasteiger partial charge in [-0.05, 0) is 68.3 Å². The zero-order valence-electron chi connectivity index (χ0n) is 17.3. The second-order valence-electron chi connectivity index (χ2n) is 7.69. The van der Waals surface area contributed by atoms with E-state index in [9.17, 15) is 0 Å². The van der Waals surface area contributed by atoms with Gasteiger partial charge in [-0.3, -0.25) is 14.9 Å². The molecule has 1 aliphatic rings. The molecule has 5 nitrogen and oxygen atoms in total. The maximum atomic E-state index is 4.41. The summed E-state index contributed by atoms with van der Waals surface area (Å²) in [7, 11) is 1.84. The molecule has 0 bridgehead atoms. The summed E-state index contributed by atoms with van der Waals surface area (Å²) in [5.74, 6) is 1.71. The van der Waals surface area contributed by atoms with Crippen molar-refractivity contribution >= 4 is 17.3 Å². The van der Waals surface area contributed by atoms with Gasteiger partial charge in [0, 0.05) is 36.9 Å². The highest BCUT2D eigenvalue weighted by molar-refractivity contribution is 7.10. The first kappa shape index (κ1) is 20.8. The molecule has 0 amide bonds. The smallest absolute Gasteiger partial charge is 0.191 e. The number of aromatic nitrogens is 1. The maximum Gasteiger partial charge on any atom is 0.191 e. The number of likely N-dealkylation sites (tertiary alicyclic amines) is 1. The van der Waals surface area contributed by atoms with E-state index < -0.39 is 0 Å². The number of thiophene rings is 1. The number of nitrogens with one attached hydrogen (secondary N) is 2. The number of aryl methyl sites for hydroxylation is 1. The molecule has 0 radical (unpaired) electrons. The topological polar surface area (TPSA) is 52.6 Å². The quantitative estimate of drug-likeness (QED) is 0.551. The van der Waals surface area contributed by atoms with Gasteiger partial charge < -0.3 is 10.6 Å². The SMILES string of the molecule is CN=C(NCCc1ccc(C)nc1)NCC(c1cccs1)N1CCC(C)CC1. The number of hydrogen-bond donors (Lipinski definition) is 2. The average molecular weight is 400 g/mol. The summed E-state index contributed by atoms with van der Waals surface area (Å²) in [6.07, 6.45) is 5.47. The van der Waals surface area contributed by atoms with Crippen LogP contribution in [0.2, 0.25) is 0 Å². The minimum atomic E-state index is 0.410. The molecule has 1 unspecified atom stereocenters. The zero-order valence-corrected chi connectivity index (χ0v) is 18.1. The third-order valence-corrected chi connectivity index (χ3v) is 6.47. The highest BCUT2D eigenvalue weighted by Crippen LogP contribution is 2.29. The lowest BCUT2D eigenvalue weighted by Gasteiger charge is -2.36. The lowest BCUT2D eigenvalue weighted by molar-refractivity contribution is 0.140. The molecule has 1 atom stereocenters. The first-order valence-electron chi connectivity index (χ1n) is 10.3. The molecular weight excluding hydrogens is 366 g/mol. The van der Waals surface area contributed by atoms with Crippen molar-refractivity contribution in [2.24, 2.45) is 10.9 Å². The van der Waals surface area contributed by atoms with Crippen LogP contribution in [-0.2, 0) is 6.42 Å². The van der Waals surface area contributed by atoms with Gasteiger partial charge >= 0.3 is 0 Å². The molecule has 1 fully saturated rings. The van der Waals surface area contributed by atoms with E-state index >= 15 is 0 Å². The van der Waals surface area contributed by atoms with Gasteiger partial charge in [0.15, 0.2) is 5.96 Å². The van der Waals surface area contributed by atoms with Gasteiger partial charge in [-0.2, -0.15) is 0 Å². The van der Waals surface area contributed by atoms with Gasteiger partial charge in [0.1, 0.15) is 0 Å². The second kappa shape index (κ2) is 10.6. The van der Waals surface area contributed by atoms with Gasteiger partial charge in [0.05, 0.1) is 6.04 Å². The number of hydrogen-bond acceptors (Lipinski definition) is 4. The first-order valence-corrected chi connectivity index (χ1v) is 11.2. The van der Waals surface area contributed by atoms with Crippen LogP contribution >= 0.6 is 11.3 Å². The van der Waals surface area contributed by atoms with E-state index in [2.05, 4.69) is 62.1 Å². The molecule has 0 saturated carbocycles. The van der Waals surface area contributed by atoms with Crippen molar-refractivity contribution in [1.29, 1.82) is 0 Å². The summed E-state index contributed by atoms with van der Waals surface area (Å²) in [4.78, 5) is 12.8. The number of pyridine rings is 1. The van der Waals surface area contributed by atoms with E-state index in [0.717, 1.165) is 37.1 Å². The van der Waals surface area contributed by atoms with Crippen LogP contribution < -0.4 is 10.6 Å². The van der Waals surface area contributed by atoms with Gasteiger partial charge in [0.2, 0.25) is 0 Å².